The van der Waals surface area contributed by atoms with Gasteiger partial charge < -0.3 is 25.8 Å². The molecule has 0 heterocycles. The number of aromatic hydroxyl groups is 4. The number of hydrogen-bond acceptors (Lipinski definition) is 8. The standard InChI is InChI=1S/C56H72N2O2.C19H15NO.C13H11NO.4C7H7.C6H5.2Zr/c1-31(2)43-21-19-22-44(32(3)4)51(43)57-29-39-25-41(55(13,14)15)27-47(53(39)59)49-35(9)37(11)50(38(12)36(49)10)48-28-42(56(16,17)18)26-40(54(48)60)30-58-52-45(33(5)6)23-20-24-46(52)34(7)8;21-19-16(14-20-17-11-5-2-6-12-17)10-7-13-18(19)15-8-3-1-4-9-15;14-9-11-7-4-8-12(13(11)15)10-5-2-1-3-6-10;4*1-7-5-3-2-4-6-7;1-2-4-6-5-3-1;;/h19-34,59-60H,1-18H3;1-14,21H;1-9,14-15H;4*2-6H,1H2;1-5H;;/q;;;5*-1;+2;+3. The summed E-state index contributed by atoms with van der Waals surface area (Å²) in [6, 6.07) is 114. The van der Waals surface area contributed by atoms with Crippen LogP contribution in [0, 0.1) is 66.9 Å². The molecular weight excluding hydrogens is 1770 g/mol. The number of benzene rings is 15. The predicted octanol–water partition coefficient (Wildman–Crippen LogP) is 33.1. The Labute approximate surface area is 828 Å². The van der Waals surface area contributed by atoms with Crippen LogP contribution in [0.1, 0.15) is 221 Å². The van der Waals surface area contributed by atoms with Crippen LogP contribution in [0.3, 0.4) is 0 Å². The van der Waals surface area contributed by atoms with E-state index in [-0.39, 0.29) is 86.2 Å². The molecule has 0 atom stereocenters. The molecule has 8 nitrogen and oxygen atoms in total. The summed E-state index contributed by atoms with van der Waals surface area (Å²) in [6.45, 7) is 54.4. The van der Waals surface area contributed by atoms with E-state index in [2.05, 4.69) is 224 Å². The van der Waals surface area contributed by atoms with E-state index in [1.165, 1.54) is 22.3 Å². The number of phenols is 4. The first-order valence-corrected chi connectivity index (χ1v) is 44.5. The van der Waals surface area contributed by atoms with Gasteiger partial charge in [0, 0.05) is 69.4 Å². The second kappa shape index (κ2) is 53.7. The van der Waals surface area contributed by atoms with Crippen LogP contribution < -0.4 is 0 Å². The first-order valence-electron chi connectivity index (χ1n) is 44.5. The maximum absolute atomic E-state index is 12.3. The molecule has 0 spiro atoms. The van der Waals surface area contributed by atoms with Gasteiger partial charge in [-0.3, -0.25) is 15.0 Å². The van der Waals surface area contributed by atoms with Crippen molar-refractivity contribution < 1.29 is 72.8 Å². The van der Waals surface area contributed by atoms with Crippen molar-refractivity contribution >= 4 is 41.9 Å². The van der Waals surface area contributed by atoms with Crippen LogP contribution in [0.4, 0.5) is 17.1 Å². The Bertz CT molecular complexity index is 5690. The zero-order chi connectivity index (χ0) is 94.6. The van der Waals surface area contributed by atoms with E-state index in [0.29, 0.717) is 45.9 Å². The second-order valence-electron chi connectivity index (χ2n) is 35.4. The Morgan fingerprint density at radius 3 is 0.818 bits per heavy atom. The van der Waals surface area contributed by atoms with E-state index in [0.717, 1.165) is 123 Å². The summed E-state index contributed by atoms with van der Waals surface area (Å²) >= 11 is 0. The van der Waals surface area contributed by atoms with Crippen molar-refractivity contribution in [3.8, 4) is 67.5 Å². The summed E-state index contributed by atoms with van der Waals surface area (Å²) in [5, 5.41) is 52.1. The molecule has 0 bridgehead atoms. The molecule has 0 aromatic heterocycles. The number of nitrogens with zero attached hydrogens (tertiary/aromatic N) is 3. The zero-order valence-corrected chi connectivity index (χ0v) is 85.3. The van der Waals surface area contributed by atoms with Crippen molar-refractivity contribution in [3.63, 3.8) is 0 Å². The van der Waals surface area contributed by atoms with Crippen LogP contribution in [0.2, 0.25) is 0 Å². The van der Waals surface area contributed by atoms with E-state index in [9.17, 15) is 20.4 Å². The molecule has 10 heteroatoms. The molecule has 0 fully saturated rings. The van der Waals surface area contributed by atoms with Gasteiger partial charge in [0.25, 0.3) is 0 Å². The van der Waals surface area contributed by atoms with Crippen molar-refractivity contribution in [2.75, 3.05) is 0 Å². The third kappa shape index (κ3) is 32.2. The van der Waals surface area contributed by atoms with Crippen molar-refractivity contribution in [1.29, 1.82) is 5.41 Å². The fourth-order valence-corrected chi connectivity index (χ4v) is 14.4. The van der Waals surface area contributed by atoms with Gasteiger partial charge in [-0.05, 0) is 189 Å². The fraction of sp³-hybridized carbons (Fsp3) is 0.197. The number of phenolic OH excluding ortho intramolecular Hbond substituents is 4. The zero-order valence-electron chi connectivity index (χ0n) is 80.4. The molecule has 15 rings (SSSR count). The summed E-state index contributed by atoms with van der Waals surface area (Å²) in [5.41, 5.74) is 27.8. The molecule has 671 valence electrons. The smallest absolute Gasteiger partial charge is 0.507 e. The second-order valence-corrected chi connectivity index (χ2v) is 35.4. The van der Waals surface area contributed by atoms with E-state index in [1.54, 1.807) is 12.3 Å². The molecule has 0 aliphatic rings. The number of aliphatic imine (C=N–C) groups is 3. The summed E-state index contributed by atoms with van der Waals surface area (Å²) < 4.78 is 0. The van der Waals surface area contributed by atoms with Gasteiger partial charge in [-0.15, -0.1) is 48.5 Å². The Morgan fingerprint density at radius 1 is 0.303 bits per heavy atom. The molecule has 15 aromatic rings. The van der Waals surface area contributed by atoms with Crippen LogP contribution in [-0.2, 0) is 63.2 Å². The minimum atomic E-state index is -0.182. The third-order valence-corrected chi connectivity index (χ3v) is 22.1. The van der Waals surface area contributed by atoms with Gasteiger partial charge in [0.15, 0.2) is 0 Å². The molecule has 0 aliphatic heterocycles. The van der Waals surface area contributed by atoms with E-state index in [4.69, 9.17) is 15.4 Å². The Morgan fingerprint density at radius 2 is 0.561 bits per heavy atom. The molecule has 1 radical (unpaired) electrons. The topological polar surface area (TPSA) is 142 Å². The first kappa shape index (κ1) is 108. The molecule has 0 amide bonds. The predicted molar refractivity (Wildman–Crippen MR) is 558 cm³/mol. The number of hydrogen-bond donors (Lipinski definition) is 5. The maximum Gasteiger partial charge on any atom is 3.00 e. The molecule has 0 saturated heterocycles. The fourth-order valence-electron chi connectivity index (χ4n) is 14.4. The maximum atomic E-state index is 12.3. The van der Waals surface area contributed by atoms with Crippen LogP contribution in [0.15, 0.2) is 355 Å². The summed E-state index contributed by atoms with van der Waals surface area (Å²) in [4.78, 5) is 14.7. The summed E-state index contributed by atoms with van der Waals surface area (Å²) in [5.74, 6) is 2.09. The SMILES string of the molecule is Cc1c(C)c(-c2cc(C(C)(C)C)cc(C=Nc3c(C(C)C)cccc3C(C)C)c2O)c(C)c(C)c1-c1cc(C(C)(C)C)cc(C=Nc2c(C(C)C)cccc2C(C)C)c1O.N=Cc1cccc(-c2ccccc2)c1O.Oc1c(C=Nc2ccccc2)cccc1-c1ccccc1.[CH2-]c1ccccc1.[CH2-]c1ccccc1.[CH2-]c1ccccc1.[CH2-]c1ccccc1.[Zr+2].[Zr+3].[c-]1ccccc1. The Kier molecular flexibility index (Phi) is 44.0. The molecule has 5 N–H and O–H groups in total. The molecule has 0 aliphatic carbocycles. The largest absolute Gasteiger partial charge is 3.00 e. The van der Waals surface area contributed by atoms with Gasteiger partial charge in [-0.25, -0.2) is 0 Å². The third-order valence-electron chi connectivity index (χ3n) is 22.1. The van der Waals surface area contributed by atoms with Crippen LogP contribution in [0.5, 0.6) is 23.0 Å². The normalized spacial score (nSPS) is 10.8. The monoisotopic (exact) mass is 1900 g/mol. The molecule has 132 heavy (non-hydrogen) atoms. The van der Waals surface area contributed by atoms with E-state index in [1.807, 2.05) is 285 Å². The van der Waals surface area contributed by atoms with Gasteiger partial charge >= 0.3 is 52.4 Å². The average molecular weight is 1900 g/mol. The van der Waals surface area contributed by atoms with Gasteiger partial charge in [-0.1, -0.05) is 261 Å². The van der Waals surface area contributed by atoms with Crippen molar-refractivity contribution in [2.24, 2.45) is 15.0 Å². The number of rotatable bonds is 15. The average Bonchev–Trinajstić information content (AvgIpc) is 0.738. The molecular formula is C122H131N4O4Zr2. The minimum Gasteiger partial charge on any atom is -0.507 e. The van der Waals surface area contributed by atoms with Gasteiger partial charge in [0.2, 0.25) is 0 Å². The molecule has 0 unspecified atom stereocenters. The Balaban J connectivity index is 0.000000294. The number of nitrogens with one attached hydrogen (secondary N) is 1. The van der Waals surface area contributed by atoms with Gasteiger partial charge in [0.1, 0.15) is 23.0 Å². The Hall–Kier alpha value is -12.6. The number of para-hydroxylation sites is 5. The van der Waals surface area contributed by atoms with Crippen LogP contribution in [0.25, 0.3) is 44.5 Å². The van der Waals surface area contributed by atoms with Crippen molar-refractivity contribution in [2.45, 2.75) is 159 Å². The van der Waals surface area contributed by atoms with Crippen molar-refractivity contribution in [3.05, 3.63) is 474 Å². The van der Waals surface area contributed by atoms with Gasteiger partial charge in [-0.2, -0.15) is 135 Å². The first-order chi connectivity index (χ1) is 62.1. The van der Waals surface area contributed by atoms with Crippen LogP contribution >= 0.6 is 0 Å². The minimum absolute atomic E-state index is 0. The molecule has 0 saturated carbocycles. The van der Waals surface area contributed by atoms with E-state index >= 15 is 0 Å². The summed E-state index contributed by atoms with van der Waals surface area (Å²) in [7, 11) is 0. The van der Waals surface area contributed by atoms with Crippen molar-refractivity contribution in [1.82, 2.24) is 0 Å². The van der Waals surface area contributed by atoms with Crippen LogP contribution in [-0.4, -0.2) is 45.3 Å². The summed E-state index contributed by atoms with van der Waals surface area (Å²) in [6.07, 6.45) is 6.57. The quantitative estimate of drug-likeness (QED) is 0.0515. The van der Waals surface area contributed by atoms with E-state index < -0.39 is 0 Å². The molecule has 15 aromatic carbocycles. The van der Waals surface area contributed by atoms with Gasteiger partial charge in [0.05, 0.1) is 17.1 Å².